The van der Waals surface area contributed by atoms with Crippen molar-refractivity contribution < 1.29 is 28.9 Å². The van der Waals surface area contributed by atoms with E-state index in [1.54, 1.807) is 0 Å². The molecule has 2 aromatic rings. The van der Waals surface area contributed by atoms with E-state index in [4.69, 9.17) is 9.47 Å². The molecule has 36 heavy (non-hydrogen) atoms. The highest BCUT2D eigenvalue weighted by molar-refractivity contribution is 5.85. The van der Waals surface area contributed by atoms with Crippen molar-refractivity contribution >= 4 is 34.9 Å². The summed E-state index contributed by atoms with van der Waals surface area (Å²) < 4.78 is 10.0. The maximum absolute atomic E-state index is 11.7. The second kappa shape index (κ2) is 14.9. The molecule has 0 bridgehead atoms. The van der Waals surface area contributed by atoms with Crippen molar-refractivity contribution in [3.8, 4) is 23.7 Å². The van der Waals surface area contributed by atoms with Gasteiger partial charge in [0.05, 0.1) is 23.1 Å². The second-order valence-corrected chi connectivity index (χ2v) is 6.94. The molecule has 0 unspecified atom stereocenters. The topological polar surface area (TPSA) is 163 Å². The van der Waals surface area contributed by atoms with E-state index < -0.39 is 22.0 Å². The first-order valence-corrected chi connectivity index (χ1v) is 10.7. The number of nitrogens with one attached hydrogen (secondary N) is 2. The summed E-state index contributed by atoms with van der Waals surface area (Å²) in [6.07, 6.45) is 0.650. The van der Waals surface area contributed by atoms with Crippen LogP contribution >= 0.6 is 0 Å². The van der Waals surface area contributed by atoms with Gasteiger partial charge in [-0.2, -0.15) is 0 Å². The van der Waals surface area contributed by atoms with E-state index in [9.17, 15) is 29.8 Å². The molecule has 0 heterocycles. The number of hydrogen-bond donors (Lipinski definition) is 2. The second-order valence-electron chi connectivity index (χ2n) is 6.94. The number of nitrogens with zero attached hydrogens (tertiary/aromatic N) is 2. The minimum absolute atomic E-state index is 0.0758. The molecule has 0 saturated carbocycles. The molecular weight excluding hydrogens is 472 g/mol. The molecule has 2 aromatic carbocycles. The molecule has 0 fully saturated rings. The van der Waals surface area contributed by atoms with E-state index in [0.717, 1.165) is 0 Å². The molecule has 0 aliphatic heterocycles. The molecule has 186 valence electrons. The summed E-state index contributed by atoms with van der Waals surface area (Å²) in [7, 11) is 0. The summed E-state index contributed by atoms with van der Waals surface area (Å²) in [5, 5.41) is 26.1. The molecule has 0 spiro atoms. The number of non-ortho nitro benzene ring substituents is 2. The maximum atomic E-state index is 11.7. The molecule has 0 aliphatic carbocycles. The van der Waals surface area contributed by atoms with Crippen molar-refractivity contribution in [1.82, 2.24) is 0 Å². The van der Waals surface area contributed by atoms with Gasteiger partial charge in [0, 0.05) is 48.5 Å². The lowest BCUT2D eigenvalue weighted by molar-refractivity contribution is -0.385. The predicted molar refractivity (Wildman–Crippen MR) is 130 cm³/mol. The van der Waals surface area contributed by atoms with Gasteiger partial charge in [-0.25, -0.2) is 9.59 Å². The quantitative estimate of drug-likeness (QED) is 0.204. The van der Waals surface area contributed by atoms with Gasteiger partial charge in [-0.1, -0.05) is 11.8 Å². The van der Waals surface area contributed by atoms with Gasteiger partial charge < -0.3 is 9.47 Å². The van der Waals surface area contributed by atoms with Crippen LogP contribution in [0.1, 0.15) is 25.7 Å². The maximum Gasteiger partial charge on any atom is 0.411 e. The van der Waals surface area contributed by atoms with Crippen molar-refractivity contribution in [2.45, 2.75) is 25.7 Å². The zero-order chi connectivity index (χ0) is 26.2. The van der Waals surface area contributed by atoms with E-state index in [2.05, 4.69) is 34.3 Å². The first-order chi connectivity index (χ1) is 17.3. The van der Waals surface area contributed by atoms with Crippen molar-refractivity contribution in [2.75, 3.05) is 23.8 Å². The molecule has 12 heteroatoms. The minimum Gasteiger partial charge on any atom is -0.449 e. The molecule has 0 aromatic heterocycles. The Morgan fingerprint density at radius 2 is 1.06 bits per heavy atom. The van der Waals surface area contributed by atoms with Crippen molar-refractivity contribution in [3.05, 3.63) is 68.8 Å². The highest BCUT2D eigenvalue weighted by Gasteiger charge is 2.08. The first kappa shape index (κ1) is 27.1. The van der Waals surface area contributed by atoms with E-state index in [1.165, 1.54) is 48.5 Å². The van der Waals surface area contributed by atoms with E-state index in [-0.39, 0.29) is 24.6 Å². The van der Waals surface area contributed by atoms with E-state index in [0.29, 0.717) is 37.1 Å². The first-order valence-electron chi connectivity index (χ1n) is 10.7. The van der Waals surface area contributed by atoms with Crippen LogP contribution in [-0.2, 0) is 9.47 Å². The van der Waals surface area contributed by atoms with Gasteiger partial charge in [0.2, 0.25) is 0 Å². The lowest BCUT2D eigenvalue weighted by Gasteiger charge is -2.05. The monoisotopic (exact) mass is 494 g/mol. The average molecular weight is 494 g/mol. The number of hydrogen-bond acceptors (Lipinski definition) is 8. The number of amides is 2. The van der Waals surface area contributed by atoms with Gasteiger partial charge in [-0.15, -0.1) is 0 Å². The number of nitro groups is 2. The molecule has 0 atom stereocenters. The zero-order valence-electron chi connectivity index (χ0n) is 19.0. The Morgan fingerprint density at radius 3 is 1.39 bits per heavy atom. The SMILES string of the molecule is O=C(Nc1ccc([N+](=O)[O-])cc1)OCCCC#CC#CCCCOC(=O)Nc1ccc([N+](=O)[O-])cc1. The average Bonchev–Trinajstić information content (AvgIpc) is 2.85. The smallest absolute Gasteiger partial charge is 0.411 e. The Kier molecular flexibility index (Phi) is 11.3. The Hall–Kier alpha value is -5.10. The Bertz CT molecular complexity index is 1090. The van der Waals surface area contributed by atoms with Crippen LogP contribution in [0.4, 0.5) is 32.3 Å². The molecule has 0 radical (unpaired) electrons. The lowest BCUT2D eigenvalue weighted by Crippen LogP contribution is -2.14. The van der Waals surface area contributed by atoms with Gasteiger partial charge in [0.25, 0.3) is 11.4 Å². The number of unbranched alkanes of at least 4 members (excludes halogenated alkanes) is 2. The number of rotatable bonds is 10. The highest BCUT2D eigenvalue weighted by Crippen LogP contribution is 2.16. The fraction of sp³-hybridized carbons (Fsp3) is 0.250. The fourth-order valence-corrected chi connectivity index (χ4v) is 2.51. The summed E-state index contributed by atoms with van der Waals surface area (Å²) in [5.41, 5.74) is 0.619. The van der Waals surface area contributed by atoms with Crippen LogP contribution in [0.15, 0.2) is 48.5 Å². The van der Waals surface area contributed by atoms with Gasteiger partial charge in [0.1, 0.15) is 0 Å². The molecule has 0 aliphatic rings. The minimum atomic E-state index is -0.666. The Labute approximate surface area is 206 Å². The van der Waals surface area contributed by atoms with Gasteiger partial charge >= 0.3 is 12.2 Å². The largest absolute Gasteiger partial charge is 0.449 e. The number of anilines is 2. The van der Waals surface area contributed by atoms with E-state index in [1.807, 2.05) is 0 Å². The molecule has 2 N–H and O–H groups in total. The molecule has 2 rings (SSSR count). The summed E-state index contributed by atoms with van der Waals surface area (Å²) in [6.45, 7) is 0.306. The molecule has 0 saturated heterocycles. The summed E-state index contributed by atoms with van der Waals surface area (Å²) in [5.74, 6) is 11.0. The third-order valence-corrected chi connectivity index (χ3v) is 4.25. The molecule has 2 amide bonds. The third kappa shape index (κ3) is 10.7. The molecule has 12 nitrogen and oxygen atoms in total. The summed E-state index contributed by atoms with van der Waals surface area (Å²) >= 11 is 0. The summed E-state index contributed by atoms with van der Waals surface area (Å²) in [4.78, 5) is 43.5. The number of carbonyl (C=O) groups excluding carboxylic acids is 2. The lowest BCUT2D eigenvalue weighted by atomic mass is 10.3. The van der Waals surface area contributed by atoms with Crippen LogP contribution in [0.5, 0.6) is 0 Å². The standard InChI is InChI=1S/C24H22N4O8/c29-23(25-19-9-13-21(14-10-19)27(31)32)35-17-7-5-3-1-2-4-6-8-18-36-24(30)26-20-11-15-22(16-12-20)28(33)34/h9-16H,5-8,17-18H2,(H,25,29)(H,26,30). The van der Waals surface area contributed by atoms with Crippen LogP contribution in [0.25, 0.3) is 0 Å². The fourth-order valence-electron chi connectivity index (χ4n) is 2.51. The highest BCUT2D eigenvalue weighted by atomic mass is 16.6. The van der Waals surface area contributed by atoms with Crippen LogP contribution in [-0.4, -0.2) is 35.2 Å². The number of nitro benzene ring substituents is 2. The van der Waals surface area contributed by atoms with Gasteiger partial charge in [0.15, 0.2) is 0 Å². The van der Waals surface area contributed by atoms with Gasteiger partial charge in [-0.05, 0) is 48.9 Å². The van der Waals surface area contributed by atoms with Crippen LogP contribution in [0.3, 0.4) is 0 Å². The number of ether oxygens (including phenoxy) is 2. The number of benzene rings is 2. The third-order valence-electron chi connectivity index (χ3n) is 4.25. The number of carbonyl (C=O) groups is 2. The van der Waals surface area contributed by atoms with E-state index >= 15 is 0 Å². The predicted octanol–water partition coefficient (Wildman–Crippen LogP) is 4.87. The van der Waals surface area contributed by atoms with Crippen LogP contribution < -0.4 is 10.6 Å². The Balaban J connectivity index is 1.51. The normalized spacial score (nSPS) is 9.44. The zero-order valence-corrected chi connectivity index (χ0v) is 19.0. The summed E-state index contributed by atoms with van der Waals surface area (Å²) in [6, 6.07) is 10.7. The van der Waals surface area contributed by atoms with Crippen molar-refractivity contribution in [2.24, 2.45) is 0 Å². The van der Waals surface area contributed by atoms with Gasteiger partial charge in [-0.3, -0.25) is 30.9 Å². The van der Waals surface area contributed by atoms with Crippen LogP contribution in [0.2, 0.25) is 0 Å². The molecular formula is C24H22N4O8. The van der Waals surface area contributed by atoms with Crippen molar-refractivity contribution in [3.63, 3.8) is 0 Å². The van der Waals surface area contributed by atoms with Crippen LogP contribution in [0, 0.1) is 43.9 Å². The van der Waals surface area contributed by atoms with Crippen molar-refractivity contribution in [1.29, 1.82) is 0 Å². The Morgan fingerprint density at radius 1 is 0.694 bits per heavy atom.